The summed E-state index contributed by atoms with van der Waals surface area (Å²) >= 11 is 0. The molecule has 0 aliphatic heterocycles. The highest BCUT2D eigenvalue weighted by atomic mass is 15.0. The Hall–Kier alpha value is -0.860. The van der Waals surface area contributed by atoms with Crippen LogP contribution in [-0.2, 0) is 6.54 Å². The number of hydrogen-bond donors (Lipinski definition) is 2. The lowest BCUT2D eigenvalue weighted by molar-refractivity contribution is 0.607. The molecule has 1 aliphatic rings. The number of nitrogens with one attached hydrogen (secondary N) is 2. The van der Waals surface area contributed by atoms with Crippen LogP contribution >= 0.6 is 0 Å². The van der Waals surface area contributed by atoms with Crippen molar-refractivity contribution in [3.63, 3.8) is 0 Å². The van der Waals surface area contributed by atoms with Crippen LogP contribution in [0, 0.1) is 13.8 Å². The van der Waals surface area contributed by atoms with Gasteiger partial charge in [-0.2, -0.15) is 0 Å². The number of rotatable bonds is 6. The minimum Gasteiger partial charge on any atom is -0.313 e. The molecule has 0 atom stereocenters. The minimum atomic E-state index is 0.821. The maximum atomic E-state index is 3.51. The monoisotopic (exact) mass is 218 g/mol. The number of hydrogen-bond acceptors (Lipinski definition) is 2. The van der Waals surface area contributed by atoms with Crippen molar-refractivity contribution in [3.05, 3.63) is 34.9 Å². The molecule has 0 saturated heterocycles. The highest BCUT2D eigenvalue weighted by Gasteiger charge is 2.19. The Bertz CT molecular complexity index is 322. The molecule has 1 aromatic carbocycles. The zero-order chi connectivity index (χ0) is 11.4. The maximum Gasteiger partial charge on any atom is 0.0211 e. The first-order valence-corrected chi connectivity index (χ1v) is 6.26. The highest BCUT2D eigenvalue weighted by molar-refractivity contribution is 5.33. The van der Waals surface area contributed by atoms with E-state index >= 15 is 0 Å². The van der Waals surface area contributed by atoms with Crippen molar-refractivity contribution < 1.29 is 0 Å². The molecule has 1 aromatic rings. The second-order valence-corrected chi connectivity index (χ2v) is 4.78. The molecule has 0 amide bonds. The topological polar surface area (TPSA) is 24.1 Å². The quantitative estimate of drug-likeness (QED) is 0.715. The van der Waals surface area contributed by atoms with Gasteiger partial charge in [-0.3, -0.25) is 0 Å². The summed E-state index contributed by atoms with van der Waals surface area (Å²) < 4.78 is 0. The SMILES string of the molecule is Cc1cccc(C)c1CNCCNC1CC1. The van der Waals surface area contributed by atoms with E-state index in [-0.39, 0.29) is 0 Å². The summed E-state index contributed by atoms with van der Waals surface area (Å²) in [6.07, 6.45) is 2.74. The van der Waals surface area contributed by atoms with Gasteiger partial charge in [0.2, 0.25) is 0 Å². The van der Waals surface area contributed by atoms with Crippen LogP contribution in [0.3, 0.4) is 0 Å². The molecule has 0 radical (unpaired) electrons. The fourth-order valence-electron chi connectivity index (χ4n) is 1.99. The van der Waals surface area contributed by atoms with Crippen LogP contribution in [0.1, 0.15) is 29.5 Å². The smallest absolute Gasteiger partial charge is 0.0211 e. The average molecular weight is 218 g/mol. The molecule has 2 N–H and O–H groups in total. The molecule has 0 unspecified atom stereocenters. The second kappa shape index (κ2) is 5.46. The Morgan fingerprint density at radius 1 is 1.12 bits per heavy atom. The third-order valence-corrected chi connectivity index (χ3v) is 3.26. The Balaban J connectivity index is 1.71. The third kappa shape index (κ3) is 3.32. The van der Waals surface area contributed by atoms with Gasteiger partial charge in [0.25, 0.3) is 0 Å². The van der Waals surface area contributed by atoms with Gasteiger partial charge in [-0.05, 0) is 43.4 Å². The first-order valence-electron chi connectivity index (χ1n) is 6.26. The van der Waals surface area contributed by atoms with E-state index < -0.39 is 0 Å². The summed E-state index contributed by atoms with van der Waals surface area (Å²) in [7, 11) is 0. The van der Waals surface area contributed by atoms with Crippen molar-refractivity contribution in [1.29, 1.82) is 0 Å². The predicted octanol–water partition coefficient (Wildman–Crippen LogP) is 2.15. The van der Waals surface area contributed by atoms with E-state index in [2.05, 4.69) is 42.7 Å². The van der Waals surface area contributed by atoms with Crippen molar-refractivity contribution in [1.82, 2.24) is 10.6 Å². The van der Waals surface area contributed by atoms with Gasteiger partial charge in [-0.1, -0.05) is 18.2 Å². The normalized spacial score (nSPS) is 15.4. The molecule has 88 valence electrons. The Morgan fingerprint density at radius 2 is 1.81 bits per heavy atom. The molecule has 16 heavy (non-hydrogen) atoms. The molecule has 1 fully saturated rings. The van der Waals surface area contributed by atoms with Gasteiger partial charge in [-0.15, -0.1) is 0 Å². The first kappa shape index (κ1) is 11.6. The van der Waals surface area contributed by atoms with E-state index in [4.69, 9.17) is 0 Å². The van der Waals surface area contributed by atoms with E-state index in [1.807, 2.05) is 0 Å². The van der Waals surface area contributed by atoms with Gasteiger partial charge in [0.05, 0.1) is 0 Å². The van der Waals surface area contributed by atoms with Gasteiger partial charge in [0.1, 0.15) is 0 Å². The van der Waals surface area contributed by atoms with Crippen molar-refractivity contribution in [2.75, 3.05) is 13.1 Å². The summed E-state index contributed by atoms with van der Waals surface area (Å²) in [6, 6.07) is 7.32. The fraction of sp³-hybridized carbons (Fsp3) is 0.571. The van der Waals surface area contributed by atoms with E-state index in [1.54, 1.807) is 0 Å². The van der Waals surface area contributed by atoms with Crippen molar-refractivity contribution in [3.8, 4) is 0 Å². The molecule has 1 aliphatic carbocycles. The van der Waals surface area contributed by atoms with Crippen LogP contribution in [0.2, 0.25) is 0 Å². The van der Waals surface area contributed by atoms with Crippen LogP contribution in [0.4, 0.5) is 0 Å². The summed E-state index contributed by atoms with van der Waals surface area (Å²) in [5.74, 6) is 0. The van der Waals surface area contributed by atoms with E-state index in [1.165, 1.54) is 29.5 Å². The first-order chi connectivity index (χ1) is 7.77. The molecule has 2 heteroatoms. The van der Waals surface area contributed by atoms with Gasteiger partial charge in [0, 0.05) is 25.7 Å². The molecule has 0 bridgehead atoms. The molecule has 0 heterocycles. The summed E-state index contributed by atoms with van der Waals surface area (Å²) in [6.45, 7) is 7.52. The van der Waals surface area contributed by atoms with Crippen LogP contribution in [0.5, 0.6) is 0 Å². The standard InChI is InChI=1S/C14H22N2/c1-11-4-3-5-12(2)14(11)10-15-8-9-16-13-6-7-13/h3-5,13,15-16H,6-10H2,1-2H3. The largest absolute Gasteiger partial charge is 0.313 e. The molecule has 2 nitrogen and oxygen atoms in total. The summed E-state index contributed by atoms with van der Waals surface area (Å²) in [5, 5.41) is 7.01. The maximum absolute atomic E-state index is 3.51. The molecule has 2 rings (SSSR count). The lowest BCUT2D eigenvalue weighted by Crippen LogP contribution is -2.28. The van der Waals surface area contributed by atoms with Crippen LogP contribution in [0.15, 0.2) is 18.2 Å². The van der Waals surface area contributed by atoms with Gasteiger partial charge in [0.15, 0.2) is 0 Å². The second-order valence-electron chi connectivity index (χ2n) is 4.78. The van der Waals surface area contributed by atoms with Crippen LogP contribution in [-0.4, -0.2) is 19.1 Å². The van der Waals surface area contributed by atoms with Gasteiger partial charge in [-0.25, -0.2) is 0 Å². The van der Waals surface area contributed by atoms with Crippen molar-refractivity contribution in [2.24, 2.45) is 0 Å². The highest BCUT2D eigenvalue weighted by Crippen LogP contribution is 2.17. The molecular weight excluding hydrogens is 196 g/mol. The van der Waals surface area contributed by atoms with E-state index in [0.29, 0.717) is 0 Å². The van der Waals surface area contributed by atoms with Crippen LogP contribution in [0.25, 0.3) is 0 Å². The average Bonchev–Trinajstić information content (AvgIpc) is 3.05. The zero-order valence-electron chi connectivity index (χ0n) is 10.3. The number of aryl methyl sites for hydroxylation is 2. The summed E-state index contributed by atoms with van der Waals surface area (Å²) in [4.78, 5) is 0. The van der Waals surface area contributed by atoms with E-state index in [0.717, 1.165) is 25.7 Å². The minimum absolute atomic E-state index is 0.821. The fourth-order valence-corrected chi connectivity index (χ4v) is 1.99. The summed E-state index contributed by atoms with van der Waals surface area (Å²) in [5.41, 5.74) is 4.24. The molecule has 0 aromatic heterocycles. The molecular formula is C14H22N2. The van der Waals surface area contributed by atoms with Crippen molar-refractivity contribution >= 4 is 0 Å². The Morgan fingerprint density at radius 3 is 2.44 bits per heavy atom. The molecule has 1 saturated carbocycles. The lowest BCUT2D eigenvalue weighted by atomic mass is 10.0. The third-order valence-electron chi connectivity index (χ3n) is 3.26. The lowest BCUT2D eigenvalue weighted by Gasteiger charge is -2.11. The van der Waals surface area contributed by atoms with Crippen molar-refractivity contribution in [2.45, 2.75) is 39.3 Å². The molecule has 0 spiro atoms. The Kier molecular flexibility index (Phi) is 3.97. The number of benzene rings is 1. The van der Waals surface area contributed by atoms with Gasteiger partial charge >= 0.3 is 0 Å². The zero-order valence-corrected chi connectivity index (χ0v) is 10.3. The van der Waals surface area contributed by atoms with Gasteiger partial charge < -0.3 is 10.6 Å². The van der Waals surface area contributed by atoms with Crippen LogP contribution < -0.4 is 10.6 Å². The Labute approximate surface area is 98.4 Å². The van der Waals surface area contributed by atoms with E-state index in [9.17, 15) is 0 Å². The predicted molar refractivity (Wildman–Crippen MR) is 68.6 cm³/mol.